The smallest absolute Gasteiger partial charge is 0.200 e. The van der Waals surface area contributed by atoms with E-state index in [1.165, 1.54) is 20.8 Å². The molecule has 0 amide bonds. The van der Waals surface area contributed by atoms with Crippen LogP contribution in [0.1, 0.15) is 32.3 Å². The normalized spacial score (nSPS) is 16.4. The molecule has 1 fully saturated rings. The molecule has 1 saturated heterocycles. The zero-order valence-corrected chi connectivity index (χ0v) is 17.2. The lowest BCUT2D eigenvalue weighted by Gasteiger charge is -2.34. The Morgan fingerprint density at radius 1 is 1.22 bits per heavy atom. The molecule has 0 bridgehead atoms. The molecule has 1 heterocycles. The molecule has 0 radical (unpaired) electrons. The van der Waals surface area contributed by atoms with Gasteiger partial charge in [0.2, 0.25) is 5.75 Å². The van der Waals surface area contributed by atoms with Crippen LogP contribution in [0.25, 0.3) is 0 Å². The van der Waals surface area contributed by atoms with Crippen molar-refractivity contribution >= 4 is 5.96 Å². The molecule has 2 rings (SSSR count). The number of phenolic OH excluding ortho intramolecular Hbond substituents is 1. The van der Waals surface area contributed by atoms with Gasteiger partial charge in [-0.15, -0.1) is 0 Å². The number of rotatable bonds is 7. The quantitative estimate of drug-likeness (QED) is 0.499. The lowest BCUT2D eigenvalue weighted by molar-refractivity contribution is 0.187. The molecule has 1 aliphatic rings. The molecule has 0 aromatic heterocycles. The largest absolute Gasteiger partial charge is 0.502 e. The molecule has 7 heteroatoms. The molecule has 0 atom stereocenters. The van der Waals surface area contributed by atoms with Crippen molar-refractivity contribution in [1.82, 2.24) is 15.5 Å². The summed E-state index contributed by atoms with van der Waals surface area (Å²) in [6.45, 7) is 8.51. The highest BCUT2D eigenvalue weighted by molar-refractivity contribution is 5.80. The molecule has 1 aliphatic heterocycles. The van der Waals surface area contributed by atoms with Crippen LogP contribution in [0, 0.1) is 5.92 Å². The second-order valence-corrected chi connectivity index (χ2v) is 7.39. The Hall–Kier alpha value is -2.15. The lowest BCUT2D eigenvalue weighted by atomic mass is 10.0. The number of phenols is 1. The Balaban J connectivity index is 1.88. The fourth-order valence-corrected chi connectivity index (χ4v) is 3.40. The van der Waals surface area contributed by atoms with Gasteiger partial charge >= 0.3 is 0 Å². The number of nitrogens with zero attached hydrogens (tertiary/aromatic N) is 2. The summed E-state index contributed by atoms with van der Waals surface area (Å²) in [4.78, 5) is 6.87. The van der Waals surface area contributed by atoms with E-state index < -0.39 is 0 Å². The number of aromatic hydroxyl groups is 1. The average Bonchev–Trinajstić information content (AvgIpc) is 2.66. The zero-order valence-electron chi connectivity index (χ0n) is 17.2. The fraction of sp³-hybridized carbons (Fsp3) is 0.650. The molecule has 152 valence electrons. The van der Waals surface area contributed by atoms with E-state index in [-0.39, 0.29) is 5.75 Å². The molecule has 3 N–H and O–H groups in total. The predicted octanol–water partition coefficient (Wildman–Crippen LogP) is 2.19. The van der Waals surface area contributed by atoms with Crippen LogP contribution in [-0.2, 0) is 6.54 Å². The van der Waals surface area contributed by atoms with E-state index >= 15 is 0 Å². The number of methoxy groups -OCH3 is 2. The summed E-state index contributed by atoms with van der Waals surface area (Å²) in [5.41, 5.74) is 0.941. The molecule has 0 aliphatic carbocycles. The average molecular weight is 379 g/mol. The van der Waals surface area contributed by atoms with Crippen LogP contribution >= 0.6 is 0 Å². The van der Waals surface area contributed by atoms with Crippen molar-refractivity contribution in [2.75, 3.05) is 40.9 Å². The number of hydrogen-bond acceptors (Lipinski definition) is 5. The number of aliphatic imine (C=N–C) groups is 1. The summed E-state index contributed by atoms with van der Waals surface area (Å²) in [5.74, 6) is 2.30. The monoisotopic (exact) mass is 378 g/mol. The van der Waals surface area contributed by atoms with Crippen LogP contribution in [0.4, 0.5) is 0 Å². The SMILES string of the molecule is CN=C(NCc1cc(OC)c(O)c(OC)c1)NC1CCN(CC(C)C)CC1. The highest BCUT2D eigenvalue weighted by Gasteiger charge is 2.20. The third-order valence-corrected chi connectivity index (χ3v) is 4.77. The first-order valence-corrected chi connectivity index (χ1v) is 9.60. The maximum atomic E-state index is 10.0. The molecular formula is C20H34N4O3. The van der Waals surface area contributed by atoms with Crippen LogP contribution in [0.2, 0.25) is 0 Å². The van der Waals surface area contributed by atoms with Gasteiger partial charge in [0.05, 0.1) is 14.2 Å². The molecule has 0 saturated carbocycles. The third-order valence-electron chi connectivity index (χ3n) is 4.77. The summed E-state index contributed by atoms with van der Waals surface area (Å²) < 4.78 is 10.4. The summed E-state index contributed by atoms with van der Waals surface area (Å²) >= 11 is 0. The van der Waals surface area contributed by atoms with Crippen LogP contribution in [0.3, 0.4) is 0 Å². The van der Waals surface area contributed by atoms with Crippen LogP contribution in [0.15, 0.2) is 17.1 Å². The zero-order chi connectivity index (χ0) is 19.8. The highest BCUT2D eigenvalue weighted by Crippen LogP contribution is 2.36. The van der Waals surface area contributed by atoms with E-state index in [2.05, 4.69) is 34.4 Å². The van der Waals surface area contributed by atoms with Gasteiger partial charge in [0.25, 0.3) is 0 Å². The molecule has 7 nitrogen and oxygen atoms in total. The van der Waals surface area contributed by atoms with Crippen molar-refractivity contribution in [1.29, 1.82) is 0 Å². The van der Waals surface area contributed by atoms with E-state index in [4.69, 9.17) is 9.47 Å². The van der Waals surface area contributed by atoms with Crippen molar-refractivity contribution in [2.24, 2.45) is 10.9 Å². The van der Waals surface area contributed by atoms with Crippen molar-refractivity contribution in [2.45, 2.75) is 39.3 Å². The number of hydrogen-bond donors (Lipinski definition) is 3. The second-order valence-electron chi connectivity index (χ2n) is 7.39. The maximum absolute atomic E-state index is 10.0. The molecule has 1 aromatic carbocycles. The number of likely N-dealkylation sites (tertiary alicyclic amines) is 1. The number of ether oxygens (including phenoxy) is 2. The molecular weight excluding hydrogens is 344 g/mol. The van der Waals surface area contributed by atoms with Crippen LogP contribution < -0.4 is 20.1 Å². The van der Waals surface area contributed by atoms with Gasteiger partial charge in [-0.2, -0.15) is 0 Å². The van der Waals surface area contributed by atoms with Gasteiger partial charge in [0.15, 0.2) is 17.5 Å². The number of nitrogens with one attached hydrogen (secondary N) is 2. The standard InChI is InChI=1S/C20H34N4O3/c1-14(2)13-24-8-6-16(7-9-24)23-20(21-3)22-12-15-10-17(26-4)19(25)18(11-15)27-5/h10-11,14,16,25H,6-9,12-13H2,1-5H3,(H2,21,22,23). The summed E-state index contributed by atoms with van der Waals surface area (Å²) in [5, 5.41) is 16.9. The second kappa shape index (κ2) is 10.3. The molecule has 1 aromatic rings. The van der Waals surface area contributed by atoms with Crippen molar-refractivity contribution in [3.63, 3.8) is 0 Å². The van der Waals surface area contributed by atoms with E-state index in [1.807, 2.05) is 0 Å². The molecule has 27 heavy (non-hydrogen) atoms. The molecule has 0 spiro atoms. The lowest BCUT2D eigenvalue weighted by Crippen LogP contribution is -2.48. The van der Waals surface area contributed by atoms with Gasteiger partial charge in [0, 0.05) is 39.3 Å². The minimum atomic E-state index is 0.0133. The van der Waals surface area contributed by atoms with Gasteiger partial charge in [-0.1, -0.05) is 13.8 Å². The minimum Gasteiger partial charge on any atom is -0.502 e. The fourth-order valence-electron chi connectivity index (χ4n) is 3.40. The first-order chi connectivity index (χ1) is 13.0. The van der Waals surface area contributed by atoms with Crippen LogP contribution in [0.5, 0.6) is 17.2 Å². The Morgan fingerprint density at radius 2 is 1.81 bits per heavy atom. The maximum Gasteiger partial charge on any atom is 0.200 e. The van der Waals surface area contributed by atoms with Gasteiger partial charge in [-0.25, -0.2) is 0 Å². The molecule has 0 unspecified atom stereocenters. The van der Waals surface area contributed by atoms with Crippen molar-refractivity contribution in [3.8, 4) is 17.2 Å². The van der Waals surface area contributed by atoms with Crippen molar-refractivity contribution in [3.05, 3.63) is 17.7 Å². The Bertz CT molecular complexity index is 601. The van der Waals surface area contributed by atoms with E-state index in [1.54, 1.807) is 19.2 Å². The van der Waals surface area contributed by atoms with Crippen molar-refractivity contribution < 1.29 is 14.6 Å². The number of piperidine rings is 1. The van der Waals surface area contributed by atoms with Gasteiger partial charge in [-0.3, -0.25) is 4.99 Å². The first kappa shape index (κ1) is 21.2. The highest BCUT2D eigenvalue weighted by atomic mass is 16.5. The van der Waals surface area contributed by atoms with E-state index in [0.717, 1.165) is 37.5 Å². The Kier molecular flexibility index (Phi) is 8.03. The summed E-state index contributed by atoms with van der Waals surface area (Å²) in [6.07, 6.45) is 2.24. The van der Waals surface area contributed by atoms with Crippen LogP contribution in [-0.4, -0.2) is 62.9 Å². The first-order valence-electron chi connectivity index (χ1n) is 9.60. The third kappa shape index (κ3) is 6.20. The number of benzene rings is 1. The summed E-state index contributed by atoms with van der Waals surface area (Å²) in [7, 11) is 4.83. The topological polar surface area (TPSA) is 78.4 Å². The Labute approximate surface area is 162 Å². The van der Waals surface area contributed by atoms with Gasteiger partial charge < -0.3 is 30.1 Å². The van der Waals surface area contributed by atoms with Gasteiger partial charge in [0.1, 0.15) is 0 Å². The predicted molar refractivity (Wildman–Crippen MR) is 109 cm³/mol. The number of guanidine groups is 1. The summed E-state index contributed by atoms with van der Waals surface area (Å²) in [6, 6.07) is 4.02. The minimum absolute atomic E-state index is 0.0133. The van der Waals surface area contributed by atoms with Gasteiger partial charge in [-0.05, 0) is 36.5 Å². The Morgan fingerprint density at radius 3 is 2.30 bits per heavy atom. The van der Waals surface area contributed by atoms with E-state index in [9.17, 15) is 5.11 Å². The van der Waals surface area contributed by atoms with E-state index in [0.29, 0.717) is 30.0 Å².